The summed E-state index contributed by atoms with van der Waals surface area (Å²) in [5, 5.41) is 5.75. The summed E-state index contributed by atoms with van der Waals surface area (Å²) < 4.78 is 22.9. The molecule has 0 bridgehead atoms. The zero-order valence-electron chi connectivity index (χ0n) is 14.4. The van der Waals surface area contributed by atoms with Gasteiger partial charge in [-0.2, -0.15) is 0 Å². The summed E-state index contributed by atoms with van der Waals surface area (Å²) in [5.74, 6) is -0.654. The zero-order valence-corrected chi connectivity index (χ0v) is 16.8. The van der Waals surface area contributed by atoms with Crippen molar-refractivity contribution in [3.05, 3.63) is 71.2 Å². The first-order chi connectivity index (χ1) is 13.1. The topological polar surface area (TPSA) is 129 Å². The van der Waals surface area contributed by atoms with Crippen LogP contribution in [0.15, 0.2) is 75.4 Å². The summed E-state index contributed by atoms with van der Waals surface area (Å²) in [6, 6.07) is 16.6. The van der Waals surface area contributed by atoms with Crippen molar-refractivity contribution in [2.45, 2.75) is 14.7 Å². The summed E-state index contributed by atoms with van der Waals surface area (Å²) in [6.45, 7) is 0. The van der Waals surface area contributed by atoms with Crippen molar-refractivity contribution in [1.82, 2.24) is 0 Å². The van der Waals surface area contributed by atoms with Crippen LogP contribution in [0.2, 0.25) is 5.02 Å². The normalized spacial score (nSPS) is 11.4. The molecule has 3 rings (SSSR count). The molecule has 0 saturated carbocycles. The van der Waals surface area contributed by atoms with Crippen LogP contribution in [0.5, 0.6) is 0 Å². The molecule has 0 aliphatic rings. The van der Waals surface area contributed by atoms with Gasteiger partial charge in [0, 0.05) is 20.4 Å². The van der Waals surface area contributed by atoms with Crippen molar-refractivity contribution < 1.29 is 13.2 Å². The lowest BCUT2D eigenvalue weighted by atomic mass is 10.00. The van der Waals surface area contributed by atoms with Gasteiger partial charge in [-0.15, -0.1) is 0 Å². The Morgan fingerprint density at radius 1 is 0.929 bits per heavy atom. The number of hydrogen-bond donors (Lipinski definition) is 3. The molecule has 1 amide bonds. The molecule has 0 aliphatic carbocycles. The van der Waals surface area contributed by atoms with Crippen molar-refractivity contribution in [3.8, 4) is 11.1 Å². The van der Waals surface area contributed by atoms with E-state index in [0.717, 1.165) is 9.79 Å². The van der Waals surface area contributed by atoms with Crippen LogP contribution in [-0.4, -0.2) is 14.3 Å². The van der Waals surface area contributed by atoms with E-state index in [4.69, 9.17) is 28.2 Å². The predicted octanol–water partition coefficient (Wildman–Crippen LogP) is 3.49. The lowest BCUT2D eigenvalue weighted by Gasteiger charge is -2.13. The van der Waals surface area contributed by atoms with E-state index in [0.29, 0.717) is 16.1 Å². The molecule has 3 aromatic carbocycles. The van der Waals surface area contributed by atoms with Crippen LogP contribution in [0, 0.1) is 0 Å². The first kappa shape index (κ1) is 20.2. The third kappa shape index (κ3) is 4.48. The van der Waals surface area contributed by atoms with Gasteiger partial charge in [0.2, 0.25) is 10.0 Å². The standard InChI is InChI=1S/C19H16ClN3O3S2/c20-12-3-5-13(6-4-12)27-14-9-16(18(21)17(10-14)19(22)24)11-1-7-15(8-2-11)28(23,25)26/h1-10H,21H2,(H2,22,24)(H2,23,25,26). The van der Waals surface area contributed by atoms with E-state index in [1.165, 1.54) is 23.9 Å². The van der Waals surface area contributed by atoms with Crippen LogP contribution in [0.3, 0.4) is 0 Å². The molecule has 0 unspecified atom stereocenters. The number of benzene rings is 3. The summed E-state index contributed by atoms with van der Waals surface area (Å²) in [4.78, 5) is 13.5. The van der Waals surface area contributed by atoms with Crippen molar-refractivity contribution in [3.63, 3.8) is 0 Å². The van der Waals surface area contributed by atoms with Gasteiger partial charge in [-0.1, -0.05) is 35.5 Å². The molecular formula is C19H16ClN3O3S2. The van der Waals surface area contributed by atoms with Crippen LogP contribution in [0.25, 0.3) is 11.1 Å². The highest BCUT2D eigenvalue weighted by Gasteiger charge is 2.16. The van der Waals surface area contributed by atoms with E-state index in [1.807, 2.05) is 18.2 Å². The predicted molar refractivity (Wildman–Crippen MR) is 112 cm³/mol. The van der Waals surface area contributed by atoms with Crippen LogP contribution < -0.4 is 16.6 Å². The van der Waals surface area contributed by atoms with Crippen molar-refractivity contribution in [1.29, 1.82) is 0 Å². The molecule has 0 atom stereocenters. The molecule has 3 aromatic rings. The highest BCUT2D eigenvalue weighted by molar-refractivity contribution is 7.99. The highest BCUT2D eigenvalue weighted by Crippen LogP contribution is 2.37. The molecule has 0 heterocycles. The molecule has 0 fully saturated rings. The Morgan fingerprint density at radius 2 is 1.54 bits per heavy atom. The minimum absolute atomic E-state index is 0.0170. The third-order valence-electron chi connectivity index (χ3n) is 3.96. The maximum absolute atomic E-state index is 11.9. The second-order valence-electron chi connectivity index (χ2n) is 5.92. The Hall–Kier alpha value is -2.52. The molecule has 28 heavy (non-hydrogen) atoms. The fourth-order valence-corrected chi connectivity index (χ4v) is 4.13. The molecule has 144 valence electrons. The molecule has 0 saturated heterocycles. The number of anilines is 1. The van der Waals surface area contributed by atoms with Crippen LogP contribution in [-0.2, 0) is 10.0 Å². The monoisotopic (exact) mass is 433 g/mol. The number of carbonyl (C=O) groups is 1. The summed E-state index contributed by atoms with van der Waals surface area (Å²) in [6.07, 6.45) is 0. The Kier molecular flexibility index (Phi) is 5.66. The molecule has 9 heteroatoms. The van der Waals surface area contributed by atoms with Gasteiger partial charge in [-0.3, -0.25) is 4.79 Å². The van der Waals surface area contributed by atoms with Crippen LogP contribution in [0.4, 0.5) is 5.69 Å². The number of rotatable bonds is 5. The van der Waals surface area contributed by atoms with E-state index in [1.54, 1.807) is 30.3 Å². The van der Waals surface area contributed by atoms with Crippen LogP contribution in [0.1, 0.15) is 10.4 Å². The number of sulfonamides is 1. The molecule has 0 aliphatic heterocycles. The Morgan fingerprint density at radius 3 is 2.07 bits per heavy atom. The lowest BCUT2D eigenvalue weighted by molar-refractivity contribution is 0.100. The lowest BCUT2D eigenvalue weighted by Crippen LogP contribution is -2.14. The number of halogens is 1. The second-order valence-corrected chi connectivity index (χ2v) is 9.07. The van der Waals surface area contributed by atoms with Crippen LogP contribution >= 0.6 is 23.4 Å². The van der Waals surface area contributed by atoms with Crippen molar-refractivity contribution in [2.24, 2.45) is 10.9 Å². The summed E-state index contributed by atoms with van der Waals surface area (Å²) in [5.41, 5.74) is 13.2. The van der Waals surface area contributed by atoms with Gasteiger partial charge in [0.25, 0.3) is 5.91 Å². The van der Waals surface area contributed by atoms with Gasteiger partial charge in [0.05, 0.1) is 16.1 Å². The van der Waals surface area contributed by atoms with E-state index >= 15 is 0 Å². The van der Waals surface area contributed by atoms with Gasteiger partial charge in [-0.05, 0) is 54.1 Å². The maximum atomic E-state index is 11.9. The number of carbonyl (C=O) groups excluding carboxylic acids is 1. The van der Waals surface area contributed by atoms with E-state index in [9.17, 15) is 13.2 Å². The van der Waals surface area contributed by atoms with Crippen molar-refractivity contribution >= 4 is 45.0 Å². The highest BCUT2D eigenvalue weighted by atomic mass is 35.5. The van der Waals surface area contributed by atoms with Gasteiger partial charge >= 0.3 is 0 Å². The summed E-state index contributed by atoms with van der Waals surface area (Å²) in [7, 11) is -3.81. The maximum Gasteiger partial charge on any atom is 0.250 e. The van der Waals surface area contributed by atoms with Gasteiger partial charge < -0.3 is 11.5 Å². The quantitative estimate of drug-likeness (QED) is 0.530. The van der Waals surface area contributed by atoms with Gasteiger partial charge in [0.15, 0.2) is 0 Å². The first-order valence-corrected chi connectivity index (χ1v) is 10.7. The molecule has 0 spiro atoms. The molecule has 6 nitrogen and oxygen atoms in total. The number of nitrogen functional groups attached to an aromatic ring is 1. The summed E-state index contributed by atoms with van der Waals surface area (Å²) >= 11 is 7.33. The molecule has 6 N–H and O–H groups in total. The number of nitrogens with two attached hydrogens (primary N) is 3. The average Bonchev–Trinajstić information content (AvgIpc) is 2.64. The minimum Gasteiger partial charge on any atom is -0.398 e. The largest absolute Gasteiger partial charge is 0.398 e. The van der Waals surface area contributed by atoms with E-state index < -0.39 is 15.9 Å². The number of hydrogen-bond acceptors (Lipinski definition) is 5. The Balaban J connectivity index is 2.08. The molecule has 0 radical (unpaired) electrons. The molecule has 0 aromatic heterocycles. The first-order valence-electron chi connectivity index (χ1n) is 7.95. The second kappa shape index (κ2) is 7.84. The zero-order chi connectivity index (χ0) is 20.5. The van der Waals surface area contributed by atoms with Gasteiger partial charge in [-0.25, -0.2) is 13.6 Å². The third-order valence-corrected chi connectivity index (χ3v) is 6.12. The molecular weight excluding hydrogens is 418 g/mol. The van der Waals surface area contributed by atoms with Crippen molar-refractivity contribution in [2.75, 3.05) is 5.73 Å². The SMILES string of the molecule is NC(=O)c1cc(Sc2ccc(Cl)cc2)cc(-c2ccc(S(N)(=O)=O)cc2)c1N. The Bertz CT molecular complexity index is 1150. The van der Waals surface area contributed by atoms with E-state index in [-0.39, 0.29) is 16.1 Å². The number of primary amides is 1. The van der Waals surface area contributed by atoms with Gasteiger partial charge in [0.1, 0.15) is 0 Å². The number of primary sulfonamides is 1. The minimum atomic E-state index is -3.81. The Labute approximate surface area is 171 Å². The fraction of sp³-hybridized carbons (Fsp3) is 0. The van der Waals surface area contributed by atoms with E-state index in [2.05, 4.69) is 0 Å². The average molecular weight is 434 g/mol. The number of amides is 1. The smallest absolute Gasteiger partial charge is 0.250 e. The fourth-order valence-electron chi connectivity index (χ4n) is 2.59.